The first-order chi connectivity index (χ1) is 9.65. The summed E-state index contributed by atoms with van der Waals surface area (Å²) < 4.78 is 14.9. The molecule has 2 aromatic heterocycles. The molecule has 4 nitrogen and oxygen atoms in total. The van der Waals surface area contributed by atoms with Crippen LogP contribution in [0.1, 0.15) is 21.5 Å². The van der Waals surface area contributed by atoms with Gasteiger partial charge in [0.25, 0.3) is 0 Å². The second-order valence-electron chi connectivity index (χ2n) is 4.64. The van der Waals surface area contributed by atoms with E-state index in [4.69, 9.17) is 0 Å². The van der Waals surface area contributed by atoms with Crippen LogP contribution in [0.25, 0.3) is 5.52 Å². The average Bonchev–Trinajstić information content (AvgIpc) is 2.87. The van der Waals surface area contributed by atoms with Crippen LogP contribution in [0.15, 0.2) is 43.0 Å². The van der Waals surface area contributed by atoms with Gasteiger partial charge in [-0.1, -0.05) is 6.07 Å². The van der Waals surface area contributed by atoms with Crippen LogP contribution in [-0.2, 0) is 6.42 Å². The molecule has 2 heterocycles. The molecule has 0 aliphatic rings. The maximum atomic E-state index is 13.3. The zero-order valence-corrected chi connectivity index (χ0v) is 10.9. The topological polar surface area (TPSA) is 47.3 Å². The highest BCUT2D eigenvalue weighted by atomic mass is 19.1. The molecule has 1 aromatic carbocycles. The minimum atomic E-state index is -0.333. The van der Waals surface area contributed by atoms with Crippen LogP contribution >= 0.6 is 0 Å². The van der Waals surface area contributed by atoms with E-state index in [9.17, 15) is 9.18 Å². The summed E-state index contributed by atoms with van der Waals surface area (Å²) in [4.78, 5) is 16.3. The zero-order valence-electron chi connectivity index (χ0n) is 10.9. The number of rotatable bonds is 3. The van der Waals surface area contributed by atoms with Gasteiger partial charge in [-0.15, -0.1) is 0 Å². The molecule has 0 N–H and O–H groups in total. The molecule has 0 unspecified atom stereocenters. The number of fused-ring (bicyclic) bond motifs is 1. The number of ketones is 1. The molecule has 0 amide bonds. The second kappa shape index (κ2) is 4.85. The largest absolute Gasteiger partial charge is 0.294 e. The molecule has 0 aliphatic carbocycles. The van der Waals surface area contributed by atoms with E-state index in [1.54, 1.807) is 29.2 Å². The van der Waals surface area contributed by atoms with E-state index in [0.29, 0.717) is 16.6 Å². The van der Waals surface area contributed by atoms with Gasteiger partial charge in [0.05, 0.1) is 23.5 Å². The number of halogens is 1. The van der Waals surface area contributed by atoms with Crippen molar-refractivity contribution in [3.05, 3.63) is 65.5 Å². The normalized spacial score (nSPS) is 10.9. The molecule has 20 heavy (non-hydrogen) atoms. The predicted octanol–water partition coefficient (Wildman–Crippen LogP) is 2.60. The van der Waals surface area contributed by atoms with Gasteiger partial charge in [0.15, 0.2) is 5.78 Å². The van der Waals surface area contributed by atoms with E-state index in [-0.39, 0.29) is 18.0 Å². The fourth-order valence-electron chi connectivity index (χ4n) is 2.15. The molecular formula is C15H12FN3O. The Labute approximate surface area is 114 Å². The van der Waals surface area contributed by atoms with E-state index in [1.165, 1.54) is 18.3 Å². The first-order valence-corrected chi connectivity index (χ1v) is 6.21. The van der Waals surface area contributed by atoms with Gasteiger partial charge in [-0.25, -0.2) is 8.91 Å². The van der Waals surface area contributed by atoms with Crippen molar-refractivity contribution in [2.75, 3.05) is 0 Å². The second-order valence-corrected chi connectivity index (χ2v) is 4.64. The van der Waals surface area contributed by atoms with Gasteiger partial charge in [-0.05, 0) is 30.2 Å². The summed E-state index contributed by atoms with van der Waals surface area (Å²) in [6, 6.07) is 4.47. The number of nitrogens with zero attached hydrogens (tertiary/aromatic N) is 3. The zero-order chi connectivity index (χ0) is 14.1. The van der Waals surface area contributed by atoms with Crippen LogP contribution < -0.4 is 0 Å². The fourth-order valence-corrected chi connectivity index (χ4v) is 2.15. The van der Waals surface area contributed by atoms with Gasteiger partial charge >= 0.3 is 0 Å². The van der Waals surface area contributed by atoms with Crippen molar-refractivity contribution < 1.29 is 9.18 Å². The molecule has 0 saturated carbocycles. The average molecular weight is 269 g/mol. The monoisotopic (exact) mass is 269 g/mol. The van der Waals surface area contributed by atoms with Gasteiger partial charge in [-0.3, -0.25) is 9.78 Å². The summed E-state index contributed by atoms with van der Waals surface area (Å²) in [6.07, 6.45) is 6.55. The number of carbonyl (C=O) groups excluding carboxylic acids is 1. The molecular weight excluding hydrogens is 257 g/mol. The summed E-state index contributed by atoms with van der Waals surface area (Å²) >= 11 is 0. The van der Waals surface area contributed by atoms with Gasteiger partial charge in [-0.2, -0.15) is 5.10 Å². The summed E-state index contributed by atoms with van der Waals surface area (Å²) in [5.74, 6) is -0.429. The van der Waals surface area contributed by atoms with Crippen molar-refractivity contribution in [3.8, 4) is 0 Å². The summed E-state index contributed by atoms with van der Waals surface area (Å²) in [7, 11) is 0. The number of hydrogen-bond donors (Lipinski definition) is 0. The van der Waals surface area contributed by atoms with Crippen molar-refractivity contribution in [2.45, 2.75) is 13.3 Å². The lowest BCUT2D eigenvalue weighted by atomic mass is 10.0. The molecule has 0 radical (unpaired) electrons. The highest BCUT2D eigenvalue weighted by Crippen LogP contribution is 2.16. The van der Waals surface area contributed by atoms with Crippen LogP contribution in [0, 0.1) is 12.7 Å². The number of carbonyl (C=O) groups is 1. The Morgan fingerprint density at radius 2 is 2.20 bits per heavy atom. The lowest BCUT2D eigenvalue weighted by Gasteiger charge is -2.04. The van der Waals surface area contributed by atoms with Crippen LogP contribution in [0.3, 0.4) is 0 Å². The Kier molecular flexibility index (Phi) is 3.02. The molecule has 3 aromatic rings. The molecule has 3 rings (SSSR count). The van der Waals surface area contributed by atoms with Gasteiger partial charge < -0.3 is 0 Å². The van der Waals surface area contributed by atoms with Crippen molar-refractivity contribution in [1.29, 1.82) is 0 Å². The summed E-state index contributed by atoms with van der Waals surface area (Å²) in [6.45, 7) is 1.86. The number of benzene rings is 1. The minimum Gasteiger partial charge on any atom is -0.294 e. The minimum absolute atomic E-state index is 0.0956. The summed E-state index contributed by atoms with van der Waals surface area (Å²) in [5.41, 5.74) is 2.75. The fraction of sp³-hybridized carbons (Fsp3) is 0.133. The van der Waals surface area contributed by atoms with E-state index in [1.807, 2.05) is 6.92 Å². The number of aryl methyl sites for hydroxylation is 1. The lowest BCUT2D eigenvalue weighted by Crippen LogP contribution is -2.05. The molecule has 0 saturated heterocycles. The predicted molar refractivity (Wildman–Crippen MR) is 72.2 cm³/mol. The molecule has 0 aliphatic heterocycles. The lowest BCUT2D eigenvalue weighted by molar-refractivity contribution is 0.0994. The smallest absolute Gasteiger partial charge is 0.171 e. The number of Topliss-reactive ketones (excluding diaryl/α,β-unsaturated/α-hetero) is 1. The van der Waals surface area contributed by atoms with Crippen LogP contribution in [0.2, 0.25) is 0 Å². The number of aromatic nitrogens is 3. The molecule has 100 valence electrons. The molecule has 0 atom stereocenters. The van der Waals surface area contributed by atoms with Crippen molar-refractivity contribution in [3.63, 3.8) is 0 Å². The van der Waals surface area contributed by atoms with Gasteiger partial charge in [0.1, 0.15) is 5.82 Å². The first-order valence-electron chi connectivity index (χ1n) is 6.21. The Morgan fingerprint density at radius 3 is 3.05 bits per heavy atom. The van der Waals surface area contributed by atoms with E-state index in [2.05, 4.69) is 10.1 Å². The molecule has 0 fully saturated rings. The number of hydrogen-bond acceptors (Lipinski definition) is 3. The third kappa shape index (κ3) is 2.18. The Hall–Kier alpha value is -2.56. The summed E-state index contributed by atoms with van der Waals surface area (Å²) in [5, 5.41) is 4.10. The maximum absolute atomic E-state index is 13.3. The van der Waals surface area contributed by atoms with Crippen molar-refractivity contribution in [2.24, 2.45) is 0 Å². The Morgan fingerprint density at radius 1 is 1.35 bits per heavy atom. The van der Waals surface area contributed by atoms with E-state index >= 15 is 0 Å². The molecule has 0 bridgehead atoms. The van der Waals surface area contributed by atoms with Crippen LogP contribution in [0.4, 0.5) is 4.39 Å². The quantitative estimate of drug-likeness (QED) is 0.687. The highest BCUT2D eigenvalue weighted by molar-refractivity contribution is 6.03. The first kappa shape index (κ1) is 12.5. The Bertz CT molecular complexity index is 795. The Balaban J connectivity index is 1.95. The van der Waals surface area contributed by atoms with Crippen molar-refractivity contribution >= 4 is 11.3 Å². The van der Waals surface area contributed by atoms with Crippen molar-refractivity contribution in [1.82, 2.24) is 14.6 Å². The third-order valence-electron chi connectivity index (χ3n) is 3.29. The third-order valence-corrected chi connectivity index (χ3v) is 3.29. The molecule has 5 heteroatoms. The van der Waals surface area contributed by atoms with Gasteiger partial charge in [0.2, 0.25) is 0 Å². The van der Waals surface area contributed by atoms with Crippen LogP contribution in [-0.4, -0.2) is 20.4 Å². The maximum Gasteiger partial charge on any atom is 0.171 e. The van der Waals surface area contributed by atoms with E-state index < -0.39 is 0 Å². The molecule has 0 spiro atoms. The van der Waals surface area contributed by atoms with Gasteiger partial charge in [0, 0.05) is 18.8 Å². The van der Waals surface area contributed by atoms with Crippen LogP contribution in [0.5, 0.6) is 0 Å². The van der Waals surface area contributed by atoms with E-state index in [0.717, 1.165) is 5.56 Å². The highest BCUT2D eigenvalue weighted by Gasteiger charge is 2.14. The standard InChI is InChI=1S/C15H12FN3O/c1-10-2-3-12(16)6-11(10)7-15(20)13-8-18-19-5-4-17-9-14(13)19/h2-6,8-9H,7H2,1H3. The SMILES string of the molecule is Cc1ccc(F)cc1CC(=O)c1cnn2ccncc12.